The predicted molar refractivity (Wildman–Crippen MR) is 72.4 cm³/mol. The topological polar surface area (TPSA) is 72.1 Å². The van der Waals surface area contributed by atoms with Crippen molar-refractivity contribution in [3.63, 3.8) is 0 Å². The molecule has 0 saturated carbocycles. The fraction of sp³-hybridized carbons (Fsp3) is 0.615. The van der Waals surface area contributed by atoms with E-state index in [9.17, 15) is 4.79 Å². The Morgan fingerprint density at radius 1 is 1.22 bits per heavy atom. The molecule has 0 aliphatic heterocycles. The third-order valence-electron chi connectivity index (χ3n) is 2.93. The molecule has 5 heteroatoms. The van der Waals surface area contributed by atoms with Crippen molar-refractivity contribution in [1.29, 1.82) is 0 Å². The van der Waals surface area contributed by atoms with Gasteiger partial charge >= 0.3 is 0 Å². The average Bonchev–Trinajstić information content (AvgIpc) is 2.30. The maximum atomic E-state index is 12.4. The van der Waals surface area contributed by atoms with Crippen LogP contribution in [0.3, 0.4) is 0 Å². The van der Waals surface area contributed by atoms with Crippen LogP contribution in [0.25, 0.3) is 0 Å². The van der Waals surface area contributed by atoms with Gasteiger partial charge in [0.1, 0.15) is 0 Å². The van der Waals surface area contributed by atoms with Gasteiger partial charge in [-0.1, -0.05) is 13.3 Å². The highest BCUT2D eigenvalue weighted by molar-refractivity contribution is 5.96. The normalized spacial score (nSPS) is 10.4. The molecule has 0 spiro atoms. The number of anilines is 1. The van der Waals surface area contributed by atoms with Crippen molar-refractivity contribution in [3.05, 3.63) is 17.0 Å². The number of aryl methyl sites for hydroxylation is 2. The lowest BCUT2D eigenvalue weighted by Gasteiger charge is -2.21. The maximum Gasteiger partial charge on any atom is 0.257 e. The molecule has 0 radical (unpaired) electrons. The van der Waals surface area contributed by atoms with Crippen LogP contribution >= 0.6 is 0 Å². The largest absolute Gasteiger partial charge is 0.368 e. The summed E-state index contributed by atoms with van der Waals surface area (Å²) >= 11 is 0. The minimum Gasteiger partial charge on any atom is -0.368 e. The van der Waals surface area contributed by atoms with Crippen LogP contribution in [0.5, 0.6) is 0 Å². The molecule has 5 nitrogen and oxygen atoms in total. The fourth-order valence-electron chi connectivity index (χ4n) is 2.02. The van der Waals surface area contributed by atoms with E-state index >= 15 is 0 Å². The van der Waals surface area contributed by atoms with Gasteiger partial charge in [0, 0.05) is 13.1 Å². The van der Waals surface area contributed by atoms with Crippen LogP contribution in [0.2, 0.25) is 0 Å². The molecule has 100 valence electrons. The highest BCUT2D eigenvalue weighted by Gasteiger charge is 2.21. The quantitative estimate of drug-likeness (QED) is 0.865. The molecule has 0 atom stereocenters. The second-order valence-electron chi connectivity index (χ2n) is 4.22. The smallest absolute Gasteiger partial charge is 0.257 e. The summed E-state index contributed by atoms with van der Waals surface area (Å²) in [6, 6.07) is 0. The Bertz CT molecular complexity index is 427. The number of nitrogen functional groups attached to an aromatic ring is 1. The lowest BCUT2D eigenvalue weighted by Crippen LogP contribution is -2.32. The van der Waals surface area contributed by atoms with E-state index in [2.05, 4.69) is 16.9 Å². The summed E-state index contributed by atoms with van der Waals surface area (Å²) in [6.07, 6.45) is 1.67. The second kappa shape index (κ2) is 6.33. The van der Waals surface area contributed by atoms with Gasteiger partial charge in [-0.25, -0.2) is 9.97 Å². The molecule has 0 saturated heterocycles. The maximum absolute atomic E-state index is 12.4. The second-order valence-corrected chi connectivity index (χ2v) is 4.22. The van der Waals surface area contributed by atoms with Crippen molar-refractivity contribution in [3.8, 4) is 0 Å². The number of nitrogens with two attached hydrogens (primary N) is 1. The summed E-state index contributed by atoms with van der Waals surface area (Å²) in [4.78, 5) is 22.5. The predicted octanol–water partition coefficient (Wildman–Crippen LogP) is 1.80. The molecule has 0 fully saturated rings. The zero-order chi connectivity index (χ0) is 13.7. The van der Waals surface area contributed by atoms with Crippen molar-refractivity contribution in [2.24, 2.45) is 0 Å². The molecule has 2 N–H and O–H groups in total. The third kappa shape index (κ3) is 2.97. The van der Waals surface area contributed by atoms with E-state index in [0.717, 1.165) is 18.5 Å². The molecule has 0 aromatic carbocycles. The summed E-state index contributed by atoms with van der Waals surface area (Å²) < 4.78 is 0. The number of carbonyl (C=O) groups is 1. The van der Waals surface area contributed by atoms with Crippen LogP contribution in [0.1, 0.15) is 48.9 Å². The van der Waals surface area contributed by atoms with Gasteiger partial charge in [0.15, 0.2) is 0 Å². The third-order valence-corrected chi connectivity index (χ3v) is 2.93. The molecule has 18 heavy (non-hydrogen) atoms. The number of aromatic nitrogens is 2. The minimum absolute atomic E-state index is 0.000880. The lowest BCUT2D eigenvalue weighted by molar-refractivity contribution is 0.0770. The van der Waals surface area contributed by atoms with Crippen molar-refractivity contribution >= 4 is 11.9 Å². The Morgan fingerprint density at radius 3 is 2.33 bits per heavy atom. The van der Waals surface area contributed by atoms with Crippen molar-refractivity contribution in [2.45, 2.75) is 40.5 Å². The van der Waals surface area contributed by atoms with E-state index in [4.69, 9.17) is 5.73 Å². The molecule has 1 amide bonds. The molecule has 1 aromatic rings. The van der Waals surface area contributed by atoms with Crippen molar-refractivity contribution in [1.82, 2.24) is 14.9 Å². The van der Waals surface area contributed by atoms with Gasteiger partial charge in [-0.3, -0.25) is 4.79 Å². The summed E-state index contributed by atoms with van der Waals surface area (Å²) in [5.74, 6) is 0.244. The van der Waals surface area contributed by atoms with Gasteiger partial charge < -0.3 is 10.6 Å². The molecule has 0 bridgehead atoms. The number of carbonyl (C=O) groups excluding carboxylic acids is 1. The first-order chi connectivity index (χ1) is 8.54. The molecule has 1 aromatic heterocycles. The van der Waals surface area contributed by atoms with Crippen LogP contribution < -0.4 is 5.73 Å². The Hall–Kier alpha value is -1.65. The van der Waals surface area contributed by atoms with Crippen molar-refractivity contribution < 1.29 is 4.79 Å². The molecule has 1 heterocycles. The lowest BCUT2D eigenvalue weighted by atomic mass is 10.1. The van der Waals surface area contributed by atoms with Crippen LogP contribution in [-0.4, -0.2) is 33.9 Å². The van der Waals surface area contributed by atoms with E-state index in [-0.39, 0.29) is 11.9 Å². The summed E-state index contributed by atoms with van der Waals surface area (Å²) in [5, 5.41) is 0. The van der Waals surface area contributed by atoms with Crippen LogP contribution in [0.15, 0.2) is 0 Å². The standard InChI is InChI=1S/C13H22N4O/c1-5-8-10-11(9(4)15-13(14)16-10)12(18)17(6-2)7-3/h5-8H2,1-4H3,(H2,14,15,16). The molecular weight excluding hydrogens is 228 g/mol. The van der Waals surface area contributed by atoms with Gasteiger partial charge in [0.2, 0.25) is 5.95 Å². The highest BCUT2D eigenvalue weighted by atomic mass is 16.2. The first-order valence-corrected chi connectivity index (χ1v) is 6.47. The highest BCUT2D eigenvalue weighted by Crippen LogP contribution is 2.16. The Labute approximate surface area is 108 Å². The van der Waals surface area contributed by atoms with E-state index in [1.807, 2.05) is 20.8 Å². The Morgan fingerprint density at radius 2 is 1.83 bits per heavy atom. The number of rotatable bonds is 5. The number of hydrogen-bond donors (Lipinski definition) is 1. The number of amides is 1. The zero-order valence-electron chi connectivity index (χ0n) is 11.7. The average molecular weight is 250 g/mol. The van der Waals surface area contributed by atoms with Gasteiger partial charge in [-0.15, -0.1) is 0 Å². The number of hydrogen-bond acceptors (Lipinski definition) is 4. The van der Waals surface area contributed by atoms with E-state index in [1.165, 1.54) is 0 Å². The van der Waals surface area contributed by atoms with Crippen LogP contribution in [0.4, 0.5) is 5.95 Å². The number of nitrogens with zero attached hydrogens (tertiary/aromatic N) is 3. The summed E-state index contributed by atoms with van der Waals surface area (Å²) in [5.41, 5.74) is 7.71. The molecule has 0 unspecified atom stereocenters. The van der Waals surface area contributed by atoms with Crippen molar-refractivity contribution in [2.75, 3.05) is 18.8 Å². The van der Waals surface area contributed by atoms with E-state index in [1.54, 1.807) is 4.90 Å². The first kappa shape index (κ1) is 14.4. The zero-order valence-corrected chi connectivity index (χ0v) is 11.7. The monoisotopic (exact) mass is 250 g/mol. The Balaban J connectivity index is 3.24. The fourth-order valence-corrected chi connectivity index (χ4v) is 2.02. The first-order valence-electron chi connectivity index (χ1n) is 6.47. The molecular formula is C13H22N4O. The summed E-state index contributed by atoms with van der Waals surface area (Å²) in [6.45, 7) is 9.17. The summed E-state index contributed by atoms with van der Waals surface area (Å²) in [7, 11) is 0. The Kier molecular flexibility index (Phi) is 5.07. The van der Waals surface area contributed by atoms with Gasteiger partial charge in [0.05, 0.1) is 17.0 Å². The van der Waals surface area contributed by atoms with Crippen LogP contribution in [-0.2, 0) is 6.42 Å². The van der Waals surface area contributed by atoms with E-state index < -0.39 is 0 Å². The molecule has 0 aliphatic rings. The van der Waals surface area contributed by atoms with Crippen LogP contribution in [0, 0.1) is 6.92 Å². The minimum atomic E-state index is 0.000880. The van der Waals surface area contributed by atoms with Gasteiger partial charge in [-0.05, 0) is 27.2 Å². The van der Waals surface area contributed by atoms with E-state index in [0.29, 0.717) is 24.3 Å². The molecule has 0 aliphatic carbocycles. The van der Waals surface area contributed by atoms with Gasteiger partial charge in [0.25, 0.3) is 5.91 Å². The SMILES string of the molecule is CCCc1nc(N)nc(C)c1C(=O)N(CC)CC. The molecule has 1 rings (SSSR count). The van der Waals surface area contributed by atoms with Gasteiger partial charge in [-0.2, -0.15) is 0 Å².